The molecule has 0 unspecified atom stereocenters. The van der Waals surface area contributed by atoms with Gasteiger partial charge in [0.15, 0.2) is 17.3 Å². The maximum absolute atomic E-state index is 13.0. The molecular formula is C28H33N3O4S. The Bertz CT molecular complexity index is 1380. The second-order valence-corrected chi connectivity index (χ2v) is 9.60. The number of benzene rings is 2. The highest BCUT2D eigenvalue weighted by atomic mass is 32.1. The van der Waals surface area contributed by atoms with Crippen molar-refractivity contribution in [3.05, 3.63) is 62.9 Å². The summed E-state index contributed by atoms with van der Waals surface area (Å²) < 4.78 is 19.1. The molecule has 0 atom stereocenters. The number of hydrogen-bond acceptors (Lipinski definition) is 7. The van der Waals surface area contributed by atoms with Crippen molar-refractivity contribution in [3.63, 3.8) is 0 Å². The first-order chi connectivity index (χ1) is 17.6. The molecule has 2 heterocycles. The van der Waals surface area contributed by atoms with Gasteiger partial charge in [-0.1, -0.05) is 56.9 Å². The summed E-state index contributed by atoms with van der Waals surface area (Å²) in [5, 5.41) is 4.46. The van der Waals surface area contributed by atoms with E-state index in [0.717, 1.165) is 49.0 Å². The van der Waals surface area contributed by atoms with E-state index in [9.17, 15) is 4.79 Å². The van der Waals surface area contributed by atoms with Crippen LogP contribution in [0.4, 0.5) is 0 Å². The standard InChI is InChI=1S/C28H33N3O4S/c1-4-6-8-16-34-22-13-11-21(12-14-22)26-29-28-31(30-26)27(32)25(36-28)19-20-10-15-23(24(18-20)33-3)35-17-9-7-5-2/h10-15,18-19H,4-9,16-17H2,1-3H3/b25-19+. The van der Waals surface area contributed by atoms with E-state index in [1.54, 1.807) is 7.11 Å². The minimum atomic E-state index is -0.191. The van der Waals surface area contributed by atoms with Crippen molar-refractivity contribution in [1.29, 1.82) is 0 Å². The molecule has 0 aliphatic rings. The summed E-state index contributed by atoms with van der Waals surface area (Å²) in [4.78, 5) is 18.1. The Morgan fingerprint density at radius 3 is 2.31 bits per heavy atom. The zero-order valence-corrected chi connectivity index (χ0v) is 22.0. The van der Waals surface area contributed by atoms with Gasteiger partial charge in [0.25, 0.3) is 5.56 Å². The van der Waals surface area contributed by atoms with Crippen LogP contribution < -0.4 is 24.3 Å². The lowest BCUT2D eigenvalue weighted by molar-refractivity contribution is 0.286. The lowest BCUT2D eigenvalue weighted by Crippen LogP contribution is -2.23. The monoisotopic (exact) mass is 507 g/mol. The number of rotatable bonds is 13. The van der Waals surface area contributed by atoms with E-state index < -0.39 is 0 Å². The average molecular weight is 508 g/mol. The van der Waals surface area contributed by atoms with Gasteiger partial charge in [0.2, 0.25) is 4.96 Å². The lowest BCUT2D eigenvalue weighted by atomic mass is 10.2. The number of nitrogens with zero attached hydrogens (tertiary/aromatic N) is 3. The van der Waals surface area contributed by atoms with Gasteiger partial charge in [-0.25, -0.2) is 0 Å². The van der Waals surface area contributed by atoms with Crippen molar-refractivity contribution >= 4 is 22.4 Å². The van der Waals surface area contributed by atoms with Crippen molar-refractivity contribution in [2.24, 2.45) is 0 Å². The molecule has 0 aliphatic carbocycles. The van der Waals surface area contributed by atoms with Gasteiger partial charge in [0.05, 0.1) is 24.9 Å². The molecule has 4 rings (SSSR count). The van der Waals surface area contributed by atoms with Gasteiger partial charge in [-0.05, 0) is 60.9 Å². The molecule has 8 heteroatoms. The fourth-order valence-electron chi connectivity index (χ4n) is 3.78. The fraction of sp³-hybridized carbons (Fsp3) is 0.393. The zero-order valence-electron chi connectivity index (χ0n) is 21.2. The first-order valence-corrected chi connectivity index (χ1v) is 13.4. The predicted molar refractivity (Wildman–Crippen MR) is 144 cm³/mol. The molecule has 7 nitrogen and oxygen atoms in total. The highest BCUT2D eigenvalue weighted by Crippen LogP contribution is 2.28. The Balaban J connectivity index is 1.50. The quantitative estimate of drug-likeness (QED) is 0.222. The maximum atomic E-state index is 13.0. The summed E-state index contributed by atoms with van der Waals surface area (Å²) >= 11 is 1.31. The van der Waals surface area contributed by atoms with E-state index >= 15 is 0 Å². The highest BCUT2D eigenvalue weighted by Gasteiger charge is 2.13. The van der Waals surface area contributed by atoms with Crippen LogP contribution in [0.15, 0.2) is 47.3 Å². The topological polar surface area (TPSA) is 75.0 Å². The Morgan fingerprint density at radius 1 is 0.917 bits per heavy atom. The van der Waals surface area contributed by atoms with Crippen molar-refractivity contribution in [2.75, 3.05) is 20.3 Å². The fourth-order valence-corrected chi connectivity index (χ4v) is 4.68. The molecule has 0 amide bonds. The summed E-state index contributed by atoms with van der Waals surface area (Å²) in [5.74, 6) is 2.70. The molecule has 0 bridgehead atoms. The minimum Gasteiger partial charge on any atom is -0.494 e. The van der Waals surface area contributed by atoms with E-state index in [-0.39, 0.29) is 5.56 Å². The summed E-state index contributed by atoms with van der Waals surface area (Å²) in [6, 6.07) is 13.4. The number of unbranched alkanes of at least 4 members (excludes halogenated alkanes) is 4. The maximum Gasteiger partial charge on any atom is 0.291 e. The number of ether oxygens (including phenoxy) is 3. The van der Waals surface area contributed by atoms with Crippen molar-refractivity contribution in [1.82, 2.24) is 14.6 Å². The number of hydrogen-bond donors (Lipinski definition) is 0. The third-order valence-corrected chi connectivity index (χ3v) is 6.76. The molecular weight excluding hydrogens is 474 g/mol. The molecule has 2 aromatic heterocycles. The van der Waals surface area contributed by atoms with E-state index in [0.29, 0.717) is 40.0 Å². The highest BCUT2D eigenvalue weighted by molar-refractivity contribution is 7.15. The normalized spacial score (nSPS) is 11.8. The van der Waals surface area contributed by atoms with E-state index in [4.69, 9.17) is 14.2 Å². The Morgan fingerprint density at radius 2 is 1.64 bits per heavy atom. The molecule has 0 radical (unpaired) electrons. The molecule has 190 valence electrons. The molecule has 2 aromatic carbocycles. The molecule has 0 N–H and O–H groups in total. The summed E-state index contributed by atoms with van der Waals surface area (Å²) in [5.41, 5.74) is 1.50. The molecule has 4 aromatic rings. The van der Waals surface area contributed by atoms with Gasteiger partial charge < -0.3 is 14.2 Å². The number of thiazole rings is 1. The number of aromatic nitrogens is 3. The minimum absolute atomic E-state index is 0.191. The smallest absolute Gasteiger partial charge is 0.291 e. The zero-order chi connectivity index (χ0) is 25.3. The first kappa shape index (κ1) is 25.7. The Kier molecular flexibility index (Phi) is 8.95. The predicted octanol–water partition coefficient (Wildman–Crippen LogP) is 5.51. The SMILES string of the molecule is CCCCCOc1ccc(-c2nc3s/c(=C/c4ccc(OCCCCC)c(OC)c4)c(=O)n3n2)cc1. The van der Waals surface area contributed by atoms with Crippen molar-refractivity contribution in [2.45, 2.75) is 52.4 Å². The van der Waals surface area contributed by atoms with Crippen LogP contribution in [0.5, 0.6) is 17.2 Å². The van der Waals surface area contributed by atoms with Crippen LogP contribution in [-0.4, -0.2) is 34.9 Å². The summed E-state index contributed by atoms with van der Waals surface area (Å²) in [6.07, 6.45) is 8.50. The van der Waals surface area contributed by atoms with Gasteiger partial charge in [-0.2, -0.15) is 9.50 Å². The average Bonchev–Trinajstić information content (AvgIpc) is 3.44. The van der Waals surface area contributed by atoms with E-state index in [1.165, 1.54) is 22.3 Å². The molecule has 0 fully saturated rings. The van der Waals surface area contributed by atoms with Crippen LogP contribution in [0.3, 0.4) is 0 Å². The van der Waals surface area contributed by atoms with Crippen LogP contribution in [0.25, 0.3) is 22.4 Å². The van der Waals surface area contributed by atoms with Gasteiger partial charge in [0, 0.05) is 5.56 Å². The van der Waals surface area contributed by atoms with E-state index in [2.05, 4.69) is 23.9 Å². The van der Waals surface area contributed by atoms with Crippen molar-refractivity contribution in [3.8, 4) is 28.6 Å². The van der Waals surface area contributed by atoms with Crippen molar-refractivity contribution < 1.29 is 14.2 Å². The van der Waals surface area contributed by atoms with E-state index in [1.807, 2.05) is 48.5 Å². The third kappa shape index (κ3) is 6.23. The molecule has 0 saturated carbocycles. The van der Waals surface area contributed by atoms with Crippen LogP contribution in [0, 0.1) is 0 Å². The summed E-state index contributed by atoms with van der Waals surface area (Å²) in [7, 11) is 1.62. The third-order valence-electron chi connectivity index (χ3n) is 5.80. The lowest BCUT2D eigenvalue weighted by Gasteiger charge is -2.11. The number of fused-ring (bicyclic) bond motifs is 1. The summed E-state index contributed by atoms with van der Waals surface area (Å²) in [6.45, 7) is 5.70. The largest absolute Gasteiger partial charge is 0.494 e. The number of methoxy groups -OCH3 is 1. The molecule has 0 aliphatic heterocycles. The molecule has 0 spiro atoms. The van der Waals surface area contributed by atoms with Gasteiger partial charge in [-0.15, -0.1) is 5.10 Å². The van der Waals surface area contributed by atoms with Gasteiger partial charge in [-0.3, -0.25) is 4.79 Å². The Labute approximate surface area is 215 Å². The van der Waals surface area contributed by atoms with Crippen LogP contribution >= 0.6 is 11.3 Å². The molecule has 36 heavy (non-hydrogen) atoms. The van der Waals surface area contributed by atoms with Crippen LogP contribution in [-0.2, 0) is 0 Å². The van der Waals surface area contributed by atoms with Crippen LogP contribution in [0.2, 0.25) is 0 Å². The van der Waals surface area contributed by atoms with Crippen LogP contribution in [0.1, 0.15) is 57.9 Å². The second-order valence-electron chi connectivity index (χ2n) is 8.59. The first-order valence-electron chi connectivity index (χ1n) is 12.6. The second kappa shape index (κ2) is 12.5. The van der Waals surface area contributed by atoms with Gasteiger partial charge in [0.1, 0.15) is 5.75 Å². The molecule has 0 saturated heterocycles. The Hall–Kier alpha value is -3.39. The van der Waals surface area contributed by atoms with Gasteiger partial charge >= 0.3 is 0 Å².